The molecule has 0 aromatic heterocycles. The largest absolute Gasteiger partial charge is 0.493 e. The molecule has 0 aliphatic rings. The number of benzene rings is 2. The molecule has 2 atom stereocenters. The number of aliphatic hydroxyl groups excluding tert-OH is 1. The van der Waals surface area contributed by atoms with Gasteiger partial charge in [-0.3, -0.25) is 4.79 Å². The van der Waals surface area contributed by atoms with Gasteiger partial charge in [-0.2, -0.15) is 0 Å². The molecule has 4 N–H and O–H groups in total. The molecular weight excluding hydrogens is 414 g/mol. The van der Waals surface area contributed by atoms with Crippen LogP contribution in [0.15, 0.2) is 48.5 Å². The minimum atomic E-state index is -0.938. The van der Waals surface area contributed by atoms with E-state index in [4.69, 9.17) is 20.3 Å². The lowest BCUT2D eigenvalue weighted by atomic mass is 9.97. The molecule has 0 saturated heterocycles. The van der Waals surface area contributed by atoms with Crippen molar-refractivity contribution in [2.45, 2.75) is 39.2 Å². The van der Waals surface area contributed by atoms with Crippen LogP contribution in [0.4, 0.5) is 4.79 Å². The maximum atomic E-state index is 10.8. The number of hydrogen-bond donors (Lipinski definition) is 3. The summed E-state index contributed by atoms with van der Waals surface area (Å²) in [6, 6.07) is 14.9. The average Bonchev–Trinajstić information content (AvgIpc) is 2.76. The molecule has 8 nitrogen and oxygen atoms in total. The number of ether oxygens (including phenoxy) is 3. The van der Waals surface area contributed by atoms with E-state index in [9.17, 15) is 14.7 Å². The van der Waals surface area contributed by atoms with Crippen LogP contribution >= 0.6 is 0 Å². The van der Waals surface area contributed by atoms with Crippen molar-refractivity contribution >= 4 is 12.1 Å². The van der Waals surface area contributed by atoms with E-state index in [1.54, 1.807) is 31.2 Å². The van der Waals surface area contributed by atoms with E-state index >= 15 is 0 Å². The number of nitrogens with two attached hydrogens (primary N) is 1. The third kappa shape index (κ3) is 10.2. The summed E-state index contributed by atoms with van der Waals surface area (Å²) < 4.78 is 14.8. The fourth-order valence-electron chi connectivity index (χ4n) is 2.71. The highest BCUT2D eigenvalue weighted by Crippen LogP contribution is 2.25. The Kier molecular flexibility index (Phi) is 11.7. The summed E-state index contributed by atoms with van der Waals surface area (Å²) in [5, 5.41) is 18.3. The molecule has 1 amide bonds. The van der Waals surface area contributed by atoms with Crippen molar-refractivity contribution in [2.24, 2.45) is 11.7 Å². The predicted molar refractivity (Wildman–Crippen MR) is 121 cm³/mol. The fourth-order valence-corrected chi connectivity index (χ4v) is 2.71. The smallest absolute Gasteiger partial charge is 0.404 e. The molecule has 0 aliphatic heterocycles. The van der Waals surface area contributed by atoms with Gasteiger partial charge in [-0.25, -0.2) is 4.79 Å². The first-order chi connectivity index (χ1) is 15.1. The highest BCUT2D eigenvalue weighted by Gasteiger charge is 2.13. The summed E-state index contributed by atoms with van der Waals surface area (Å²) in [5.41, 5.74) is 6.90. The van der Waals surface area contributed by atoms with Gasteiger partial charge in [0, 0.05) is 0 Å². The predicted octanol–water partition coefficient (Wildman–Crippen LogP) is 3.60. The Labute approximate surface area is 188 Å². The second-order valence-corrected chi connectivity index (χ2v) is 7.65. The van der Waals surface area contributed by atoms with Crippen LogP contribution < -0.4 is 15.2 Å². The number of carboxylic acids is 1. The molecule has 176 valence electrons. The topological polar surface area (TPSA) is 128 Å². The van der Waals surface area contributed by atoms with Crippen LogP contribution in [0, 0.1) is 5.92 Å². The number of rotatable bonds is 10. The van der Waals surface area contributed by atoms with Crippen LogP contribution in [-0.4, -0.2) is 48.7 Å². The van der Waals surface area contributed by atoms with Gasteiger partial charge in [0.15, 0.2) is 11.5 Å². The summed E-state index contributed by atoms with van der Waals surface area (Å²) in [4.78, 5) is 21.1. The first-order valence-corrected chi connectivity index (χ1v) is 10.3. The van der Waals surface area contributed by atoms with Gasteiger partial charge >= 0.3 is 12.1 Å². The number of para-hydroxylation sites is 2. The van der Waals surface area contributed by atoms with Crippen LogP contribution in [0.3, 0.4) is 0 Å². The lowest BCUT2D eigenvalue weighted by Crippen LogP contribution is -2.27. The molecule has 0 fully saturated rings. The highest BCUT2D eigenvalue weighted by atomic mass is 16.6. The number of carboxylic acid groups (broad SMARTS) is 1. The van der Waals surface area contributed by atoms with E-state index < -0.39 is 24.1 Å². The van der Waals surface area contributed by atoms with E-state index in [1.807, 2.05) is 24.3 Å². The third-order valence-corrected chi connectivity index (χ3v) is 4.41. The standard InChI is InChI=1S/C13H18O2.C11H15NO5/c1-9(2)8-11-4-6-12(7-5-11)10(3)13(14)15;1-15-9-4-2-3-5-10(9)16-6-8(13)7-17-11(12)14/h4-7,9-10H,8H2,1-3H3,(H,14,15);2-5,8,13H,6-7H2,1H3,(H2,12,14). The van der Waals surface area contributed by atoms with E-state index in [0.717, 1.165) is 12.0 Å². The Morgan fingerprint density at radius 2 is 1.56 bits per heavy atom. The average molecular weight is 448 g/mol. The van der Waals surface area contributed by atoms with E-state index in [-0.39, 0.29) is 13.2 Å². The zero-order valence-corrected chi connectivity index (χ0v) is 19.0. The van der Waals surface area contributed by atoms with Crippen LogP contribution in [0.1, 0.15) is 37.8 Å². The molecular formula is C24H33NO7. The van der Waals surface area contributed by atoms with Gasteiger partial charge in [-0.1, -0.05) is 50.2 Å². The zero-order chi connectivity index (χ0) is 24.1. The molecule has 0 radical (unpaired) electrons. The molecule has 2 aromatic rings. The summed E-state index contributed by atoms with van der Waals surface area (Å²) in [5.74, 6) is 0.515. The minimum Gasteiger partial charge on any atom is -0.493 e. The van der Waals surface area contributed by atoms with Gasteiger partial charge in [0.05, 0.1) is 13.0 Å². The zero-order valence-electron chi connectivity index (χ0n) is 19.0. The van der Waals surface area contributed by atoms with Crippen molar-refractivity contribution in [3.8, 4) is 11.5 Å². The van der Waals surface area contributed by atoms with E-state index in [0.29, 0.717) is 17.4 Å². The number of aliphatic hydroxyl groups is 1. The van der Waals surface area contributed by atoms with Gasteiger partial charge in [0.25, 0.3) is 0 Å². The maximum absolute atomic E-state index is 10.8. The van der Waals surface area contributed by atoms with Crippen molar-refractivity contribution < 1.29 is 34.0 Å². The van der Waals surface area contributed by atoms with Gasteiger partial charge in [-0.05, 0) is 42.5 Å². The quantitative estimate of drug-likeness (QED) is 0.507. The van der Waals surface area contributed by atoms with Gasteiger partial charge < -0.3 is 30.2 Å². The van der Waals surface area contributed by atoms with Crippen molar-refractivity contribution in [1.82, 2.24) is 0 Å². The Bertz CT molecular complexity index is 836. The molecule has 0 saturated carbocycles. The van der Waals surface area contributed by atoms with Crippen LogP contribution in [0.25, 0.3) is 0 Å². The molecule has 0 spiro atoms. The third-order valence-electron chi connectivity index (χ3n) is 4.41. The van der Waals surface area contributed by atoms with Gasteiger partial charge in [-0.15, -0.1) is 0 Å². The maximum Gasteiger partial charge on any atom is 0.404 e. The van der Waals surface area contributed by atoms with Gasteiger partial charge in [0.2, 0.25) is 0 Å². The second kappa shape index (κ2) is 13.9. The molecule has 2 unspecified atom stereocenters. The van der Waals surface area contributed by atoms with E-state index in [1.165, 1.54) is 12.7 Å². The Hall–Kier alpha value is -3.26. The van der Waals surface area contributed by atoms with E-state index in [2.05, 4.69) is 18.6 Å². The number of carbonyl (C=O) groups is 2. The second-order valence-electron chi connectivity index (χ2n) is 7.65. The number of methoxy groups -OCH3 is 1. The van der Waals surface area contributed by atoms with Crippen molar-refractivity contribution in [2.75, 3.05) is 20.3 Å². The number of carbonyl (C=O) groups excluding carboxylic acids is 1. The van der Waals surface area contributed by atoms with Gasteiger partial charge in [0.1, 0.15) is 19.3 Å². The summed E-state index contributed by atoms with van der Waals surface area (Å²) in [6.07, 6.45) is -0.824. The van der Waals surface area contributed by atoms with Crippen molar-refractivity contribution in [1.29, 1.82) is 0 Å². The Morgan fingerprint density at radius 1 is 0.969 bits per heavy atom. The number of primary amides is 1. The Morgan fingerprint density at radius 3 is 2.06 bits per heavy atom. The van der Waals surface area contributed by atoms with Crippen molar-refractivity contribution in [3.05, 3.63) is 59.7 Å². The number of aliphatic carboxylic acids is 1. The first-order valence-electron chi connectivity index (χ1n) is 10.3. The lowest BCUT2D eigenvalue weighted by Gasteiger charge is -2.13. The highest BCUT2D eigenvalue weighted by molar-refractivity contribution is 5.75. The number of amides is 1. The first kappa shape index (κ1) is 26.8. The SMILES string of the molecule is CC(C)Cc1ccc(C(C)C(=O)O)cc1.COc1ccccc1OCC(O)COC(N)=O. The minimum absolute atomic E-state index is 0.0202. The number of hydrogen-bond acceptors (Lipinski definition) is 6. The van der Waals surface area contributed by atoms with Crippen LogP contribution in [-0.2, 0) is 16.0 Å². The van der Waals surface area contributed by atoms with Crippen LogP contribution in [0.5, 0.6) is 11.5 Å². The Balaban J connectivity index is 0.000000323. The molecule has 0 heterocycles. The molecule has 0 bridgehead atoms. The molecule has 32 heavy (non-hydrogen) atoms. The summed E-state index contributed by atoms with van der Waals surface area (Å²) in [6.45, 7) is 5.83. The molecule has 0 aliphatic carbocycles. The van der Waals surface area contributed by atoms with Crippen molar-refractivity contribution in [3.63, 3.8) is 0 Å². The monoisotopic (exact) mass is 447 g/mol. The summed E-state index contributed by atoms with van der Waals surface area (Å²) in [7, 11) is 1.52. The lowest BCUT2D eigenvalue weighted by molar-refractivity contribution is -0.138. The molecule has 2 aromatic carbocycles. The normalized spacial score (nSPS) is 12.2. The summed E-state index contributed by atoms with van der Waals surface area (Å²) >= 11 is 0. The fraction of sp³-hybridized carbons (Fsp3) is 0.417. The molecule has 2 rings (SSSR count). The van der Waals surface area contributed by atoms with Crippen LogP contribution in [0.2, 0.25) is 0 Å². The molecule has 8 heteroatoms.